The fourth-order valence-electron chi connectivity index (χ4n) is 2.19. The molecule has 3 heteroatoms. The fourth-order valence-corrected chi connectivity index (χ4v) is 2.19. The highest BCUT2D eigenvalue weighted by Crippen LogP contribution is 2.48. The second-order valence-electron chi connectivity index (χ2n) is 5.06. The number of aliphatic hydroxyl groups is 1. The second kappa shape index (κ2) is 3.42. The van der Waals surface area contributed by atoms with Gasteiger partial charge in [0.2, 0.25) is 0 Å². The standard InChI is InChI=1S/C12H18O3/c1-7(2)4-5-12-9(13)6-8(3)10(14)11(12)15-12/h6-7,10-11,14H,4-5H2,1-3H3. The molecule has 1 N–H and O–H groups in total. The Morgan fingerprint density at radius 2 is 2.27 bits per heavy atom. The predicted octanol–water partition coefficient (Wildman–Crippen LogP) is 1.45. The van der Waals surface area contributed by atoms with Gasteiger partial charge in [-0.2, -0.15) is 0 Å². The third-order valence-electron chi connectivity index (χ3n) is 3.36. The highest BCUT2D eigenvalue weighted by molar-refractivity contribution is 6.01. The molecule has 3 nitrogen and oxygen atoms in total. The molecule has 3 unspecified atom stereocenters. The lowest BCUT2D eigenvalue weighted by molar-refractivity contribution is -0.120. The quantitative estimate of drug-likeness (QED) is 0.717. The lowest BCUT2D eigenvalue weighted by Gasteiger charge is -2.19. The van der Waals surface area contributed by atoms with E-state index in [-0.39, 0.29) is 11.9 Å². The number of fused-ring (bicyclic) bond motifs is 1. The summed E-state index contributed by atoms with van der Waals surface area (Å²) in [6.07, 6.45) is 2.36. The zero-order valence-electron chi connectivity index (χ0n) is 9.49. The van der Waals surface area contributed by atoms with Crippen molar-refractivity contribution in [2.24, 2.45) is 5.92 Å². The summed E-state index contributed by atoms with van der Waals surface area (Å²) in [6, 6.07) is 0. The topological polar surface area (TPSA) is 49.8 Å². The summed E-state index contributed by atoms with van der Waals surface area (Å²) in [4.78, 5) is 11.8. The first-order valence-electron chi connectivity index (χ1n) is 5.56. The van der Waals surface area contributed by atoms with E-state index in [4.69, 9.17) is 4.74 Å². The Morgan fingerprint density at radius 3 is 2.87 bits per heavy atom. The van der Waals surface area contributed by atoms with Crippen LogP contribution >= 0.6 is 0 Å². The maximum Gasteiger partial charge on any atom is 0.190 e. The molecule has 0 aromatic rings. The summed E-state index contributed by atoms with van der Waals surface area (Å²) in [5, 5.41) is 9.79. The van der Waals surface area contributed by atoms with Gasteiger partial charge in [0, 0.05) is 0 Å². The van der Waals surface area contributed by atoms with Crippen molar-refractivity contribution in [2.45, 2.75) is 51.4 Å². The van der Waals surface area contributed by atoms with Crippen molar-refractivity contribution >= 4 is 5.78 Å². The van der Waals surface area contributed by atoms with Gasteiger partial charge in [-0.15, -0.1) is 0 Å². The van der Waals surface area contributed by atoms with E-state index in [1.807, 2.05) is 0 Å². The lowest BCUT2D eigenvalue weighted by Crippen LogP contribution is -2.36. The van der Waals surface area contributed by atoms with Crippen molar-refractivity contribution in [1.82, 2.24) is 0 Å². The van der Waals surface area contributed by atoms with Crippen molar-refractivity contribution in [1.29, 1.82) is 0 Å². The third-order valence-corrected chi connectivity index (χ3v) is 3.36. The number of carbonyl (C=O) groups is 1. The Hall–Kier alpha value is -0.670. The van der Waals surface area contributed by atoms with Crippen LogP contribution in [0, 0.1) is 5.92 Å². The Kier molecular flexibility index (Phi) is 2.47. The summed E-state index contributed by atoms with van der Waals surface area (Å²) in [5.41, 5.74) is 0.0473. The fraction of sp³-hybridized carbons (Fsp3) is 0.750. The molecule has 2 aliphatic rings. The number of hydrogen-bond donors (Lipinski definition) is 1. The van der Waals surface area contributed by atoms with Crippen LogP contribution in [0.4, 0.5) is 0 Å². The average Bonchev–Trinajstić information content (AvgIpc) is 2.88. The number of hydrogen-bond acceptors (Lipinski definition) is 3. The first kappa shape index (κ1) is 10.8. The minimum absolute atomic E-state index is 0.0379. The van der Waals surface area contributed by atoms with Crippen LogP contribution in [0.25, 0.3) is 0 Å². The van der Waals surface area contributed by atoms with Gasteiger partial charge in [0.05, 0.1) is 0 Å². The Labute approximate surface area is 90.1 Å². The molecule has 1 fully saturated rings. The molecule has 2 rings (SSSR count). The first-order chi connectivity index (χ1) is 6.97. The minimum Gasteiger partial charge on any atom is -0.386 e. The van der Waals surface area contributed by atoms with E-state index < -0.39 is 11.7 Å². The number of carbonyl (C=O) groups excluding carboxylic acids is 1. The van der Waals surface area contributed by atoms with E-state index in [0.29, 0.717) is 5.92 Å². The largest absolute Gasteiger partial charge is 0.386 e. The average molecular weight is 210 g/mol. The molecule has 3 atom stereocenters. The van der Waals surface area contributed by atoms with Crippen molar-refractivity contribution < 1.29 is 14.6 Å². The number of aliphatic hydroxyl groups excluding tert-OH is 1. The van der Waals surface area contributed by atoms with Gasteiger partial charge in [0.15, 0.2) is 11.4 Å². The molecule has 15 heavy (non-hydrogen) atoms. The summed E-state index contributed by atoms with van der Waals surface area (Å²) in [6.45, 7) is 6.02. The number of ketones is 1. The number of ether oxygens (including phenoxy) is 1. The monoisotopic (exact) mass is 210 g/mol. The van der Waals surface area contributed by atoms with Gasteiger partial charge in [-0.05, 0) is 37.3 Å². The van der Waals surface area contributed by atoms with Crippen LogP contribution in [0.3, 0.4) is 0 Å². The van der Waals surface area contributed by atoms with Crippen molar-refractivity contribution in [3.05, 3.63) is 11.6 Å². The molecule has 0 bridgehead atoms. The van der Waals surface area contributed by atoms with Crippen LogP contribution in [0.2, 0.25) is 0 Å². The van der Waals surface area contributed by atoms with E-state index in [2.05, 4.69) is 13.8 Å². The van der Waals surface area contributed by atoms with E-state index in [9.17, 15) is 9.90 Å². The molecular weight excluding hydrogens is 192 g/mol. The first-order valence-corrected chi connectivity index (χ1v) is 5.56. The summed E-state index contributed by atoms with van der Waals surface area (Å²) >= 11 is 0. The van der Waals surface area contributed by atoms with Crippen LogP contribution in [-0.2, 0) is 9.53 Å². The van der Waals surface area contributed by atoms with Crippen LogP contribution in [0.15, 0.2) is 11.6 Å². The molecule has 84 valence electrons. The minimum atomic E-state index is -0.677. The molecule has 0 aromatic carbocycles. The Morgan fingerprint density at radius 1 is 1.60 bits per heavy atom. The Bertz CT molecular complexity index is 319. The molecule has 0 saturated carbocycles. The van der Waals surface area contributed by atoms with E-state index in [1.165, 1.54) is 6.08 Å². The summed E-state index contributed by atoms with van der Waals surface area (Å²) in [7, 11) is 0. The van der Waals surface area contributed by atoms with Gasteiger partial charge in [-0.25, -0.2) is 0 Å². The van der Waals surface area contributed by atoms with Gasteiger partial charge in [0.1, 0.15) is 12.2 Å². The number of epoxide rings is 1. The van der Waals surface area contributed by atoms with Crippen LogP contribution in [-0.4, -0.2) is 28.7 Å². The third kappa shape index (κ3) is 1.64. The smallest absolute Gasteiger partial charge is 0.190 e. The summed E-state index contributed by atoms with van der Waals surface area (Å²) in [5.74, 6) is 0.595. The molecular formula is C12H18O3. The van der Waals surface area contributed by atoms with Crippen molar-refractivity contribution in [3.8, 4) is 0 Å². The van der Waals surface area contributed by atoms with Gasteiger partial charge in [0.25, 0.3) is 0 Å². The van der Waals surface area contributed by atoms with Gasteiger partial charge in [-0.1, -0.05) is 13.8 Å². The predicted molar refractivity (Wildman–Crippen MR) is 56.4 cm³/mol. The SMILES string of the molecule is CC1=CC(=O)C2(CCC(C)C)OC2C1O. The lowest BCUT2D eigenvalue weighted by atomic mass is 9.83. The molecule has 1 aliphatic heterocycles. The molecule has 0 amide bonds. The van der Waals surface area contributed by atoms with E-state index >= 15 is 0 Å². The van der Waals surface area contributed by atoms with Gasteiger partial charge < -0.3 is 9.84 Å². The van der Waals surface area contributed by atoms with Crippen LogP contribution < -0.4 is 0 Å². The van der Waals surface area contributed by atoms with Gasteiger partial charge >= 0.3 is 0 Å². The van der Waals surface area contributed by atoms with Crippen molar-refractivity contribution in [2.75, 3.05) is 0 Å². The highest BCUT2D eigenvalue weighted by Gasteiger charge is 2.65. The normalized spacial score (nSPS) is 39.0. The second-order valence-corrected chi connectivity index (χ2v) is 5.06. The maximum atomic E-state index is 11.8. The zero-order valence-corrected chi connectivity index (χ0v) is 9.49. The molecule has 0 aromatic heterocycles. The number of rotatable bonds is 3. The van der Waals surface area contributed by atoms with Crippen LogP contribution in [0.5, 0.6) is 0 Å². The maximum absolute atomic E-state index is 11.8. The van der Waals surface area contributed by atoms with Gasteiger partial charge in [-0.3, -0.25) is 4.79 Å². The molecule has 1 heterocycles. The van der Waals surface area contributed by atoms with Crippen molar-refractivity contribution in [3.63, 3.8) is 0 Å². The molecule has 0 radical (unpaired) electrons. The Balaban J connectivity index is 2.10. The van der Waals surface area contributed by atoms with E-state index in [0.717, 1.165) is 18.4 Å². The van der Waals surface area contributed by atoms with Crippen LogP contribution in [0.1, 0.15) is 33.6 Å². The molecule has 0 spiro atoms. The molecule has 1 saturated heterocycles. The molecule has 1 aliphatic carbocycles. The zero-order chi connectivity index (χ0) is 11.2. The highest BCUT2D eigenvalue weighted by atomic mass is 16.6. The summed E-state index contributed by atoms with van der Waals surface area (Å²) < 4.78 is 5.46. The van der Waals surface area contributed by atoms with E-state index in [1.54, 1.807) is 6.92 Å².